The highest BCUT2D eigenvalue weighted by atomic mass is 35.5. The number of carbonyl (C=O) groups is 4. The smallest absolute Gasteiger partial charge is 0.407 e. The van der Waals surface area contributed by atoms with E-state index in [2.05, 4.69) is 54.3 Å². The number of aryl methyl sites for hydroxylation is 3. The standard InChI is InChI=1S/C20H25Cl2N5O3.C19H30N4O4/c1-3-4-5-14-25-13(20(29)30)10-15(26-14)27-8-6-12(7-9-27)24-19(28)18-17(22)16(21)11(2)23-18;1-5-6-7-15-21-14(17(24)25)12-16(22-15)23-10-8-13(9-11-23)20-18(26)27-19(2,3)4/h10,12,23H,3-9H2,1-2H3,(H,24,28)(H,29,30);12-13H,5-11H2,1-4H3,(H,20,26)(H,24,25). The van der Waals surface area contributed by atoms with Crippen LogP contribution in [0.4, 0.5) is 16.4 Å². The van der Waals surface area contributed by atoms with E-state index in [4.69, 9.17) is 27.9 Å². The number of alkyl carbamates (subject to hydrolysis) is 1. The van der Waals surface area contributed by atoms with E-state index in [0.29, 0.717) is 85.9 Å². The maximum Gasteiger partial charge on any atom is 0.407 e. The van der Waals surface area contributed by atoms with E-state index in [1.165, 1.54) is 12.1 Å². The number of rotatable bonds is 13. The Morgan fingerprint density at radius 1 is 0.772 bits per heavy atom. The summed E-state index contributed by atoms with van der Waals surface area (Å²) >= 11 is 12.2. The molecule has 0 aliphatic carbocycles. The van der Waals surface area contributed by atoms with Crippen LogP contribution in [-0.2, 0) is 17.6 Å². The molecule has 0 radical (unpaired) electrons. The van der Waals surface area contributed by atoms with E-state index in [9.17, 15) is 29.4 Å². The molecule has 2 aliphatic rings. The molecule has 0 bridgehead atoms. The summed E-state index contributed by atoms with van der Waals surface area (Å²) in [5.74, 6) is -0.00686. The van der Waals surface area contributed by atoms with E-state index >= 15 is 0 Å². The topological polar surface area (TPSA) is 216 Å². The number of carboxylic acids is 2. The Hall–Kier alpha value is -4.70. The number of hydrogen-bond donors (Lipinski definition) is 5. The first-order valence-corrected chi connectivity index (χ1v) is 20.3. The molecule has 5 rings (SSSR count). The first-order chi connectivity index (χ1) is 27.0. The number of carbonyl (C=O) groups excluding carboxylic acids is 2. The number of piperidine rings is 2. The predicted octanol–water partition coefficient (Wildman–Crippen LogP) is 6.87. The SMILES string of the molecule is CCCCc1nc(C(=O)O)cc(N2CCC(NC(=O)OC(C)(C)C)CC2)n1.CCCCc1nc(C(=O)O)cc(N2CCC(NC(=O)c3[nH]c(C)c(Cl)c3Cl)CC2)n1. The molecular formula is C39H55Cl2N9O7. The molecule has 16 nitrogen and oxygen atoms in total. The lowest BCUT2D eigenvalue weighted by atomic mass is 10.0. The summed E-state index contributed by atoms with van der Waals surface area (Å²) < 4.78 is 5.30. The maximum absolute atomic E-state index is 12.5. The van der Waals surface area contributed by atoms with Crippen molar-refractivity contribution in [2.24, 2.45) is 0 Å². The number of H-pyrrole nitrogens is 1. The van der Waals surface area contributed by atoms with Crippen LogP contribution in [0.5, 0.6) is 0 Å². The van der Waals surface area contributed by atoms with Gasteiger partial charge in [-0.2, -0.15) is 0 Å². The van der Waals surface area contributed by atoms with E-state index in [1.807, 2.05) is 25.7 Å². The van der Waals surface area contributed by atoms with E-state index in [-0.39, 0.29) is 40.1 Å². The van der Waals surface area contributed by atoms with Gasteiger partial charge in [0.15, 0.2) is 11.4 Å². The Bertz CT molecular complexity index is 1870. The minimum Gasteiger partial charge on any atom is -0.477 e. The van der Waals surface area contributed by atoms with Gasteiger partial charge in [-0.1, -0.05) is 49.9 Å². The predicted molar refractivity (Wildman–Crippen MR) is 218 cm³/mol. The van der Waals surface area contributed by atoms with Crippen LogP contribution in [0, 0.1) is 6.92 Å². The van der Waals surface area contributed by atoms with Gasteiger partial charge in [0, 0.05) is 68.9 Å². The molecule has 5 N–H and O–H groups in total. The fourth-order valence-electron chi connectivity index (χ4n) is 6.37. The molecule has 2 aliphatic heterocycles. The second-order valence-corrected chi connectivity index (χ2v) is 16.0. The lowest BCUT2D eigenvalue weighted by Gasteiger charge is -2.33. The molecule has 0 atom stereocenters. The highest BCUT2D eigenvalue weighted by Gasteiger charge is 2.27. The van der Waals surface area contributed by atoms with Crippen LogP contribution < -0.4 is 20.4 Å². The van der Waals surface area contributed by atoms with Crippen molar-refractivity contribution < 1.29 is 34.1 Å². The van der Waals surface area contributed by atoms with Crippen LogP contribution in [0.2, 0.25) is 10.0 Å². The quantitative estimate of drug-likeness (QED) is 0.119. The van der Waals surface area contributed by atoms with Crippen molar-refractivity contribution in [1.82, 2.24) is 35.6 Å². The number of aromatic amines is 1. The van der Waals surface area contributed by atoms with Gasteiger partial charge in [0.25, 0.3) is 5.91 Å². The zero-order valence-corrected chi connectivity index (χ0v) is 35.1. The first-order valence-electron chi connectivity index (χ1n) is 19.5. The van der Waals surface area contributed by atoms with Crippen molar-refractivity contribution in [2.45, 2.75) is 123 Å². The molecule has 2 saturated heterocycles. The second-order valence-electron chi connectivity index (χ2n) is 15.3. The zero-order valence-electron chi connectivity index (χ0n) is 33.6. The zero-order chi connectivity index (χ0) is 41.9. The molecule has 0 unspecified atom stereocenters. The number of amides is 2. The summed E-state index contributed by atoms with van der Waals surface area (Å²) in [6.07, 6.45) is 7.61. The van der Waals surface area contributed by atoms with Crippen LogP contribution in [0.1, 0.15) is 135 Å². The van der Waals surface area contributed by atoms with Crippen LogP contribution in [0.3, 0.4) is 0 Å². The van der Waals surface area contributed by atoms with E-state index in [0.717, 1.165) is 38.5 Å². The number of halogens is 2. The molecule has 3 aromatic rings. The average Bonchev–Trinajstić information content (AvgIpc) is 3.43. The summed E-state index contributed by atoms with van der Waals surface area (Å²) in [5, 5.41) is 25.2. The summed E-state index contributed by atoms with van der Waals surface area (Å²) in [7, 11) is 0. The molecule has 312 valence electrons. The van der Waals surface area contributed by atoms with Gasteiger partial charge in [-0.15, -0.1) is 0 Å². The molecule has 2 amide bonds. The number of nitrogens with zero attached hydrogens (tertiary/aromatic N) is 6. The Balaban J connectivity index is 0.000000254. The number of anilines is 2. The number of hydrogen-bond acceptors (Lipinski definition) is 11. The van der Waals surface area contributed by atoms with Gasteiger partial charge in [-0.05, 0) is 66.2 Å². The van der Waals surface area contributed by atoms with Gasteiger partial charge in [0.2, 0.25) is 0 Å². The number of ether oxygens (including phenoxy) is 1. The average molecular weight is 833 g/mol. The van der Waals surface area contributed by atoms with E-state index < -0.39 is 23.6 Å². The lowest BCUT2D eigenvalue weighted by molar-refractivity contribution is 0.0495. The number of aromatic carboxylic acids is 2. The molecule has 0 saturated carbocycles. The minimum atomic E-state index is -1.06. The molecule has 57 heavy (non-hydrogen) atoms. The van der Waals surface area contributed by atoms with Crippen molar-refractivity contribution in [3.63, 3.8) is 0 Å². The second kappa shape index (κ2) is 20.6. The number of nitrogens with one attached hydrogen (secondary N) is 3. The molecule has 18 heteroatoms. The third-order valence-electron chi connectivity index (χ3n) is 9.44. The van der Waals surface area contributed by atoms with Crippen LogP contribution in [-0.4, -0.2) is 103 Å². The van der Waals surface area contributed by atoms with E-state index in [1.54, 1.807) is 6.92 Å². The van der Waals surface area contributed by atoms with Crippen LogP contribution in [0.15, 0.2) is 12.1 Å². The summed E-state index contributed by atoms with van der Waals surface area (Å²) in [6, 6.07) is 3.06. The summed E-state index contributed by atoms with van der Waals surface area (Å²) in [5.41, 5.74) is 0.436. The third-order valence-corrected chi connectivity index (χ3v) is 10.4. The molecule has 5 heterocycles. The molecule has 0 spiro atoms. The molecule has 3 aromatic heterocycles. The molecular weight excluding hydrogens is 777 g/mol. The molecule has 2 fully saturated rings. The molecule has 0 aromatic carbocycles. The summed E-state index contributed by atoms with van der Waals surface area (Å²) in [6.45, 7) is 14.1. The largest absolute Gasteiger partial charge is 0.477 e. The lowest BCUT2D eigenvalue weighted by Crippen LogP contribution is -2.46. The van der Waals surface area contributed by atoms with Crippen LogP contribution in [0.25, 0.3) is 0 Å². The van der Waals surface area contributed by atoms with Gasteiger partial charge in [-0.25, -0.2) is 34.3 Å². The van der Waals surface area contributed by atoms with Gasteiger partial charge in [-0.3, -0.25) is 4.79 Å². The maximum atomic E-state index is 12.5. The normalized spacial score (nSPS) is 15.1. The fraction of sp³-hybridized carbons (Fsp3) is 0.590. The third kappa shape index (κ3) is 13.4. The monoisotopic (exact) mass is 831 g/mol. The van der Waals surface area contributed by atoms with Crippen molar-refractivity contribution in [3.05, 3.63) is 56.6 Å². The number of aromatic nitrogens is 5. The minimum absolute atomic E-state index is 0.00941. The van der Waals surface area contributed by atoms with Crippen LogP contribution >= 0.6 is 23.2 Å². The number of carboxylic acid groups (broad SMARTS) is 2. The first kappa shape index (κ1) is 45.0. The van der Waals surface area contributed by atoms with Crippen molar-refractivity contribution >= 4 is 58.8 Å². The van der Waals surface area contributed by atoms with Crippen molar-refractivity contribution in [1.29, 1.82) is 0 Å². The highest BCUT2D eigenvalue weighted by molar-refractivity contribution is 6.44. The Kier molecular flexibility index (Phi) is 16.3. The number of unbranched alkanes of at least 4 members (excludes halogenated alkanes) is 2. The summed E-state index contributed by atoms with van der Waals surface area (Å²) in [4.78, 5) is 71.7. The van der Waals surface area contributed by atoms with Crippen molar-refractivity contribution in [3.8, 4) is 0 Å². The van der Waals surface area contributed by atoms with Gasteiger partial charge in [0.1, 0.15) is 34.6 Å². The van der Waals surface area contributed by atoms with Gasteiger partial charge < -0.3 is 40.4 Å². The Labute approximate surface area is 343 Å². The van der Waals surface area contributed by atoms with Gasteiger partial charge >= 0.3 is 18.0 Å². The Morgan fingerprint density at radius 2 is 1.21 bits per heavy atom. The highest BCUT2D eigenvalue weighted by Crippen LogP contribution is 2.29. The van der Waals surface area contributed by atoms with Crippen molar-refractivity contribution in [2.75, 3.05) is 36.0 Å². The fourth-order valence-corrected chi connectivity index (χ4v) is 6.78. The Morgan fingerprint density at radius 3 is 1.58 bits per heavy atom. The van der Waals surface area contributed by atoms with Gasteiger partial charge in [0.05, 0.1) is 10.0 Å².